The number of Topliss-reactive ketones (excluding diaryl/α,β-unsaturated/α-hetero) is 1. The van der Waals surface area contributed by atoms with Gasteiger partial charge in [-0.1, -0.05) is 19.1 Å². The van der Waals surface area contributed by atoms with Gasteiger partial charge < -0.3 is 9.84 Å². The molecule has 3 aromatic rings. The first-order valence-electron chi connectivity index (χ1n) is 10.1. The second-order valence-corrected chi connectivity index (χ2v) is 8.08. The van der Waals surface area contributed by atoms with Crippen molar-refractivity contribution in [3.63, 3.8) is 0 Å². The van der Waals surface area contributed by atoms with Crippen LogP contribution in [-0.2, 0) is 9.59 Å². The maximum Gasteiger partial charge on any atom is 0.301 e. The van der Waals surface area contributed by atoms with E-state index < -0.39 is 22.7 Å². The van der Waals surface area contributed by atoms with Crippen LogP contribution in [0.5, 0.6) is 5.75 Å². The highest BCUT2D eigenvalue weighted by Crippen LogP contribution is 2.43. The van der Waals surface area contributed by atoms with Crippen molar-refractivity contribution in [2.75, 3.05) is 11.5 Å². The molecule has 10 heteroatoms. The second kappa shape index (κ2) is 9.21. The number of carbonyl (C=O) groups is 2. The van der Waals surface area contributed by atoms with E-state index in [9.17, 15) is 24.8 Å². The number of nitrogens with zero attached hydrogens (tertiary/aromatic N) is 3. The van der Waals surface area contributed by atoms with Gasteiger partial charge in [-0.25, -0.2) is 4.98 Å². The second-order valence-electron chi connectivity index (χ2n) is 7.21. The molecule has 9 nitrogen and oxygen atoms in total. The van der Waals surface area contributed by atoms with E-state index in [0.29, 0.717) is 23.5 Å². The van der Waals surface area contributed by atoms with Crippen LogP contribution >= 0.6 is 11.3 Å². The van der Waals surface area contributed by atoms with E-state index in [0.717, 1.165) is 22.7 Å². The summed E-state index contributed by atoms with van der Waals surface area (Å²) in [4.78, 5) is 42.1. The molecule has 33 heavy (non-hydrogen) atoms. The molecule has 4 rings (SSSR count). The highest BCUT2D eigenvalue weighted by atomic mass is 32.1. The lowest BCUT2D eigenvalue weighted by atomic mass is 9.95. The quantitative estimate of drug-likeness (QED) is 0.180. The molecule has 1 atom stereocenters. The normalized spacial score (nSPS) is 17.4. The minimum absolute atomic E-state index is 0.169. The lowest BCUT2D eigenvalue weighted by Gasteiger charge is -2.22. The maximum absolute atomic E-state index is 13.0. The molecular weight excluding hydrogens is 446 g/mol. The van der Waals surface area contributed by atoms with Crippen molar-refractivity contribution in [2.24, 2.45) is 0 Å². The summed E-state index contributed by atoms with van der Waals surface area (Å²) in [6.07, 6.45) is 2.32. The minimum Gasteiger partial charge on any atom is -0.507 e. The number of aromatic nitrogens is 1. The molecule has 1 saturated heterocycles. The summed E-state index contributed by atoms with van der Waals surface area (Å²) in [6, 6.07) is 11.0. The van der Waals surface area contributed by atoms with Gasteiger partial charge >= 0.3 is 5.91 Å². The third-order valence-electron chi connectivity index (χ3n) is 5.07. The van der Waals surface area contributed by atoms with Gasteiger partial charge in [0.1, 0.15) is 11.5 Å². The maximum atomic E-state index is 13.0. The molecular formula is C23H19N3O6S. The number of non-ortho nitro benzene ring substituents is 1. The number of hydrogen-bond donors (Lipinski definition) is 1. The SMILES string of the molecule is CCCOc1ccc(/C(O)=C2/C(=O)C(=O)N(c3nccs3)C2c2cccc([N+](=O)[O-])c2)cc1. The van der Waals surface area contributed by atoms with Crippen LogP contribution in [-0.4, -0.2) is 33.3 Å². The van der Waals surface area contributed by atoms with E-state index in [1.165, 1.54) is 24.4 Å². The van der Waals surface area contributed by atoms with Crippen LogP contribution < -0.4 is 9.64 Å². The van der Waals surface area contributed by atoms with Crippen LogP contribution in [0.1, 0.15) is 30.5 Å². The molecule has 0 aliphatic carbocycles. The minimum atomic E-state index is -1.08. The first-order chi connectivity index (χ1) is 15.9. The highest BCUT2D eigenvalue weighted by molar-refractivity contribution is 7.14. The highest BCUT2D eigenvalue weighted by Gasteiger charge is 2.48. The summed E-state index contributed by atoms with van der Waals surface area (Å²) in [6.45, 7) is 2.52. The number of anilines is 1. The summed E-state index contributed by atoms with van der Waals surface area (Å²) in [5, 5.41) is 24.3. The zero-order valence-corrected chi connectivity index (χ0v) is 18.3. The van der Waals surface area contributed by atoms with Gasteiger partial charge in [-0.3, -0.25) is 24.6 Å². The molecule has 0 radical (unpaired) electrons. The van der Waals surface area contributed by atoms with Crippen LogP contribution in [0, 0.1) is 10.1 Å². The first-order valence-corrected chi connectivity index (χ1v) is 11.0. The van der Waals surface area contributed by atoms with Crippen LogP contribution in [0.15, 0.2) is 65.7 Å². The average molecular weight is 465 g/mol. The van der Waals surface area contributed by atoms with Gasteiger partial charge in [-0.2, -0.15) is 0 Å². The van der Waals surface area contributed by atoms with E-state index in [1.54, 1.807) is 35.7 Å². The van der Waals surface area contributed by atoms with E-state index >= 15 is 0 Å². The van der Waals surface area contributed by atoms with E-state index in [-0.39, 0.29) is 22.2 Å². The summed E-state index contributed by atoms with van der Waals surface area (Å²) in [5.74, 6) is -1.55. The van der Waals surface area contributed by atoms with Gasteiger partial charge in [0.05, 0.1) is 23.1 Å². The predicted molar refractivity (Wildman–Crippen MR) is 122 cm³/mol. The number of benzene rings is 2. The van der Waals surface area contributed by atoms with E-state index in [1.807, 2.05) is 6.92 Å². The van der Waals surface area contributed by atoms with Crippen molar-refractivity contribution in [3.05, 3.63) is 86.9 Å². The number of ketones is 1. The molecule has 168 valence electrons. The Kier molecular flexibility index (Phi) is 6.18. The zero-order valence-electron chi connectivity index (χ0n) is 17.5. The molecule has 0 spiro atoms. The van der Waals surface area contributed by atoms with Gasteiger partial charge in [-0.15, -0.1) is 11.3 Å². The molecule has 2 aromatic carbocycles. The third-order valence-corrected chi connectivity index (χ3v) is 5.84. The van der Waals surface area contributed by atoms with Gasteiger partial charge in [0.15, 0.2) is 5.13 Å². The summed E-state index contributed by atoms with van der Waals surface area (Å²) < 4.78 is 5.55. The number of nitro benzene ring substituents is 1. The predicted octanol–water partition coefficient (Wildman–Crippen LogP) is 4.47. The average Bonchev–Trinajstić information content (AvgIpc) is 3.44. The van der Waals surface area contributed by atoms with Crippen molar-refractivity contribution < 1.29 is 24.4 Å². The molecule has 1 unspecified atom stereocenters. The fourth-order valence-electron chi connectivity index (χ4n) is 3.57. The standard InChI is InChI=1S/C23H19N3O6S/c1-2-11-32-17-8-6-14(7-9-17)20(27)18-19(15-4-3-5-16(13-15)26(30)31)25(22(29)21(18)28)23-24-10-12-33-23/h3-10,12-13,19,27H,2,11H2,1H3/b20-18-. The van der Waals surface area contributed by atoms with E-state index in [2.05, 4.69) is 4.98 Å². The van der Waals surface area contributed by atoms with Gasteiger partial charge in [0, 0.05) is 29.3 Å². The molecule has 1 aromatic heterocycles. The number of aliphatic hydroxyl groups excluding tert-OH is 1. The van der Waals surface area contributed by atoms with Crippen LogP contribution in [0.2, 0.25) is 0 Å². The van der Waals surface area contributed by atoms with Crippen molar-refractivity contribution in [1.29, 1.82) is 0 Å². The van der Waals surface area contributed by atoms with E-state index in [4.69, 9.17) is 4.74 Å². The molecule has 1 N–H and O–H groups in total. The van der Waals surface area contributed by atoms with Crippen LogP contribution in [0.3, 0.4) is 0 Å². The van der Waals surface area contributed by atoms with Crippen molar-refractivity contribution in [2.45, 2.75) is 19.4 Å². The third kappa shape index (κ3) is 4.20. The topological polar surface area (TPSA) is 123 Å². The molecule has 1 aliphatic rings. The van der Waals surface area contributed by atoms with Crippen LogP contribution in [0.4, 0.5) is 10.8 Å². The van der Waals surface area contributed by atoms with Gasteiger partial charge in [0.25, 0.3) is 11.5 Å². The Labute approximate surface area is 192 Å². The Balaban J connectivity index is 1.85. The Morgan fingerprint density at radius 1 is 1.24 bits per heavy atom. The Bertz CT molecular complexity index is 1240. The number of nitro groups is 1. The molecule has 1 aliphatic heterocycles. The Hall–Kier alpha value is -4.05. The number of rotatable bonds is 7. The monoisotopic (exact) mass is 465 g/mol. The number of hydrogen-bond acceptors (Lipinski definition) is 8. The van der Waals surface area contributed by atoms with Gasteiger partial charge in [-0.05, 0) is 36.2 Å². The summed E-state index contributed by atoms with van der Waals surface area (Å²) in [5.41, 5.74) is 0.252. The number of thiazole rings is 1. The number of aliphatic hydroxyl groups is 1. The lowest BCUT2D eigenvalue weighted by Crippen LogP contribution is -2.29. The molecule has 0 bridgehead atoms. The summed E-state index contributed by atoms with van der Waals surface area (Å²) in [7, 11) is 0. The molecule has 0 saturated carbocycles. The Morgan fingerprint density at radius 2 is 2.00 bits per heavy atom. The Morgan fingerprint density at radius 3 is 2.64 bits per heavy atom. The van der Waals surface area contributed by atoms with Crippen LogP contribution in [0.25, 0.3) is 5.76 Å². The van der Waals surface area contributed by atoms with Crippen molar-refractivity contribution in [1.82, 2.24) is 4.98 Å². The van der Waals surface area contributed by atoms with Crippen molar-refractivity contribution >= 4 is 39.6 Å². The lowest BCUT2D eigenvalue weighted by molar-refractivity contribution is -0.384. The molecule has 1 fully saturated rings. The largest absolute Gasteiger partial charge is 0.507 e. The molecule has 2 heterocycles. The summed E-state index contributed by atoms with van der Waals surface area (Å²) >= 11 is 1.14. The number of amides is 1. The van der Waals surface area contributed by atoms with Gasteiger partial charge in [0.2, 0.25) is 0 Å². The fraction of sp³-hybridized carbons (Fsp3) is 0.174. The fourth-order valence-corrected chi connectivity index (χ4v) is 4.24. The zero-order chi connectivity index (χ0) is 23.5. The van der Waals surface area contributed by atoms with Crippen molar-refractivity contribution in [3.8, 4) is 5.75 Å². The molecule has 1 amide bonds. The first kappa shape index (κ1) is 22.2. The number of carbonyl (C=O) groups excluding carboxylic acids is 2. The number of ether oxygens (including phenoxy) is 1. The smallest absolute Gasteiger partial charge is 0.301 e.